The van der Waals surface area contributed by atoms with Gasteiger partial charge in [0, 0.05) is 24.7 Å². The van der Waals surface area contributed by atoms with Crippen LogP contribution in [0.25, 0.3) is 0 Å². The summed E-state index contributed by atoms with van der Waals surface area (Å²) in [6.45, 7) is 6.19. The summed E-state index contributed by atoms with van der Waals surface area (Å²) in [6.07, 6.45) is 3.74. The van der Waals surface area contributed by atoms with Crippen LogP contribution in [0.2, 0.25) is 0 Å². The van der Waals surface area contributed by atoms with Gasteiger partial charge in [-0.1, -0.05) is 13.8 Å². The highest BCUT2D eigenvalue weighted by Gasteiger charge is 2.11. The Morgan fingerprint density at radius 3 is 2.62 bits per heavy atom. The number of hydrogen-bond donors (Lipinski definition) is 1. The lowest BCUT2D eigenvalue weighted by Gasteiger charge is -2.21. The van der Waals surface area contributed by atoms with Crippen molar-refractivity contribution in [1.29, 1.82) is 0 Å². The third-order valence-electron chi connectivity index (χ3n) is 2.16. The second-order valence-electron chi connectivity index (χ2n) is 3.57. The quantitative estimate of drug-likeness (QED) is 0.796. The zero-order chi connectivity index (χ0) is 11.8. The Morgan fingerprint density at radius 1 is 1.44 bits per heavy atom. The van der Waals surface area contributed by atoms with Crippen LogP contribution in [0, 0.1) is 0 Å². The molecule has 1 amide bonds. The van der Waals surface area contributed by atoms with Crippen LogP contribution in [-0.4, -0.2) is 35.4 Å². The number of rotatable bonds is 7. The molecule has 0 unspecified atom stereocenters. The van der Waals surface area contributed by atoms with Gasteiger partial charge in [0.05, 0.1) is 6.54 Å². The number of carbonyl (C=O) groups is 1. The van der Waals surface area contributed by atoms with Crippen LogP contribution in [0.5, 0.6) is 0 Å². The monoisotopic (exact) mass is 241 g/mol. The number of carbonyl (C=O) groups excluding carboxylic acids is 1. The molecule has 0 aromatic carbocycles. The lowest BCUT2D eigenvalue weighted by Crippen LogP contribution is -2.36. The van der Waals surface area contributed by atoms with Crippen molar-refractivity contribution < 1.29 is 4.79 Å². The molecule has 0 aliphatic heterocycles. The molecule has 1 aromatic rings. The normalized spacial score (nSPS) is 10.1. The highest BCUT2D eigenvalue weighted by molar-refractivity contribution is 7.13. The second kappa shape index (κ2) is 7.22. The fourth-order valence-electron chi connectivity index (χ4n) is 1.47. The minimum absolute atomic E-state index is 0.152. The number of aromatic nitrogens is 1. The molecule has 1 rings (SSSR count). The molecule has 1 N–H and O–H groups in total. The van der Waals surface area contributed by atoms with E-state index in [0.717, 1.165) is 31.1 Å². The maximum atomic E-state index is 11.9. The van der Waals surface area contributed by atoms with Gasteiger partial charge in [0.15, 0.2) is 5.13 Å². The molecule has 1 heterocycles. The van der Waals surface area contributed by atoms with Crippen molar-refractivity contribution in [2.24, 2.45) is 0 Å². The van der Waals surface area contributed by atoms with Gasteiger partial charge in [-0.25, -0.2) is 4.98 Å². The summed E-state index contributed by atoms with van der Waals surface area (Å²) in [5, 5.41) is 5.74. The summed E-state index contributed by atoms with van der Waals surface area (Å²) in [6, 6.07) is 0. The van der Waals surface area contributed by atoms with E-state index in [4.69, 9.17) is 0 Å². The van der Waals surface area contributed by atoms with E-state index < -0.39 is 0 Å². The number of thiazole rings is 1. The van der Waals surface area contributed by atoms with Crippen molar-refractivity contribution in [2.45, 2.75) is 26.7 Å². The smallest absolute Gasteiger partial charge is 0.241 e. The number of nitrogens with zero attached hydrogens (tertiary/aromatic N) is 2. The standard InChI is InChI=1S/C11H19N3OS/c1-3-6-14(7-4-2)10(15)9-13-11-12-5-8-16-11/h5,8H,3-4,6-7,9H2,1-2H3,(H,12,13). The van der Waals surface area contributed by atoms with E-state index in [-0.39, 0.29) is 5.91 Å². The molecule has 90 valence electrons. The zero-order valence-corrected chi connectivity index (χ0v) is 10.7. The summed E-state index contributed by atoms with van der Waals surface area (Å²) >= 11 is 1.51. The van der Waals surface area contributed by atoms with Crippen LogP contribution in [-0.2, 0) is 4.79 Å². The van der Waals surface area contributed by atoms with Gasteiger partial charge in [-0.2, -0.15) is 0 Å². The fourth-order valence-corrected chi connectivity index (χ4v) is 2.00. The second-order valence-corrected chi connectivity index (χ2v) is 4.47. The van der Waals surface area contributed by atoms with Crippen LogP contribution < -0.4 is 5.32 Å². The molecule has 0 saturated heterocycles. The van der Waals surface area contributed by atoms with Gasteiger partial charge < -0.3 is 10.2 Å². The Bertz CT molecular complexity index is 294. The molecule has 0 fully saturated rings. The first-order chi connectivity index (χ1) is 7.77. The van der Waals surface area contributed by atoms with Crippen LogP contribution in [0.1, 0.15) is 26.7 Å². The number of hydrogen-bond acceptors (Lipinski definition) is 4. The first kappa shape index (κ1) is 13.0. The summed E-state index contributed by atoms with van der Waals surface area (Å²) < 4.78 is 0. The van der Waals surface area contributed by atoms with Gasteiger partial charge in [0.1, 0.15) is 0 Å². The average Bonchev–Trinajstić information content (AvgIpc) is 2.78. The lowest BCUT2D eigenvalue weighted by molar-refractivity contribution is -0.129. The fraction of sp³-hybridized carbons (Fsp3) is 0.636. The summed E-state index contributed by atoms with van der Waals surface area (Å²) in [4.78, 5) is 17.8. The van der Waals surface area contributed by atoms with E-state index in [1.807, 2.05) is 10.3 Å². The van der Waals surface area contributed by atoms with Crippen molar-refractivity contribution in [3.8, 4) is 0 Å². The first-order valence-electron chi connectivity index (χ1n) is 5.69. The Morgan fingerprint density at radius 2 is 2.12 bits per heavy atom. The number of anilines is 1. The zero-order valence-electron chi connectivity index (χ0n) is 9.90. The van der Waals surface area contributed by atoms with E-state index in [0.29, 0.717) is 6.54 Å². The van der Waals surface area contributed by atoms with Crippen molar-refractivity contribution in [3.63, 3.8) is 0 Å². The third kappa shape index (κ3) is 4.18. The highest BCUT2D eigenvalue weighted by Crippen LogP contribution is 2.09. The summed E-state index contributed by atoms with van der Waals surface area (Å²) in [5.41, 5.74) is 0. The molecule has 5 heteroatoms. The summed E-state index contributed by atoms with van der Waals surface area (Å²) in [5.74, 6) is 0.152. The minimum Gasteiger partial charge on any atom is -0.352 e. The maximum absolute atomic E-state index is 11.9. The van der Waals surface area contributed by atoms with Crippen LogP contribution >= 0.6 is 11.3 Å². The molecule has 0 bridgehead atoms. The molecule has 4 nitrogen and oxygen atoms in total. The molecular weight excluding hydrogens is 222 g/mol. The van der Waals surface area contributed by atoms with Crippen LogP contribution in [0.3, 0.4) is 0 Å². The van der Waals surface area contributed by atoms with Crippen molar-refractivity contribution in [2.75, 3.05) is 25.0 Å². The van der Waals surface area contributed by atoms with Gasteiger partial charge in [-0.05, 0) is 12.8 Å². The van der Waals surface area contributed by atoms with Gasteiger partial charge in [-0.3, -0.25) is 4.79 Å². The largest absolute Gasteiger partial charge is 0.352 e. The molecule has 1 aromatic heterocycles. The first-order valence-corrected chi connectivity index (χ1v) is 6.57. The number of nitrogens with one attached hydrogen (secondary N) is 1. The van der Waals surface area contributed by atoms with Gasteiger partial charge in [-0.15, -0.1) is 11.3 Å². The average molecular weight is 241 g/mol. The molecule has 16 heavy (non-hydrogen) atoms. The Kier molecular flexibility index (Phi) is 5.85. The molecule has 0 aliphatic rings. The lowest BCUT2D eigenvalue weighted by atomic mass is 10.3. The highest BCUT2D eigenvalue weighted by atomic mass is 32.1. The third-order valence-corrected chi connectivity index (χ3v) is 2.89. The summed E-state index contributed by atoms with van der Waals surface area (Å²) in [7, 11) is 0. The SMILES string of the molecule is CCCN(CCC)C(=O)CNc1nccs1. The Hall–Kier alpha value is -1.10. The molecular formula is C11H19N3OS. The van der Waals surface area contributed by atoms with Gasteiger partial charge >= 0.3 is 0 Å². The van der Waals surface area contributed by atoms with Gasteiger partial charge in [0.2, 0.25) is 5.91 Å². The van der Waals surface area contributed by atoms with E-state index >= 15 is 0 Å². The Labute approximate surface area is 101 Å². The van der Waals surface area contributed by atoms with E-state index in [1.165, 1.54) is 11.3 Å². The molecule has 0 saturated carbocycles. The van der Waals surface area contributed by atoms with E-state index in [1.54, 1.807) is 6.20 Å². The van der Waals surface area contributed by atoms with E-state index in [9.17, 15) is 4.79 Å². The molecule has 0 atom stereocenters. The van der Waals surface area contributed by atoms with Crippen LogP contribution in [0.15, 0.2) is 11.6 Å². The molecule has 0 radical (unpaired) electrons. The minimum atomic E-state index is 0.152. The maximum Gasteiger partial charge on any atom is 0.241 e. The molecule has 0 aliphatic carbocycles. The van der Waals surface area contributed by atoms with Crippen molar-refractivity contribution in [3.05, 3.63) is 11.6 Å². The molecule has 0 spiro atoms. The van der Waals surface area contributed by atoms with Crippen molar-refractivity contribution in [1.82, 2.24) is 9.88 Å². The predicted octanol–water partition coefficient (Wildman–Crippen LogP) is 2.20. The van der Waals surface area contributed by atoms with E-state index in [2.05, 4.69) is 24.1 Å². The predicted molar refractivity (Wildman–Crippen MR) is 67.8 cm³/mol. The van der Waals surface area contributed by atoms with Crippen LogP contribution in [0.4, 0.5) is 5.13 Å². The Balaban J connectivity index is 2.36. The number of amides is 1. The van der Waals surface area contributed by atoms with Gasteiger partial charge in [0.25, 0.3) is 0 Å². The topological polar surface area (TPSA) is 45.2 Å². The van der Waals surface area contributed by atoms with Crippen molar-refractivity contribution >= 4 is 22.4 Å².